The van der Waals surface area contributed by atoms with E-state index in [0.29, 0.717) is 30.4 Å². The lowest BCUT2D eigenvalue weighted by Gasteiger charge is -2.12. The van der Waals surface area contributed by atoms with Crippen LogP contribution in [0.4, 0.5) is 0 Å². The van der Waals surface area contributed by atoms with Gasteiger partial charge in [-0.15, -0.1) is 0 Å². The van der Waals surface area contributed by atoms with Crippen LogP contribution in [0.3, 0.4) is 0 Å². The molecule has 4 heteroatoms. The third-order valence-corrected chi connectivity index (χ3v) is 3.73. The zero-order valence-electron chi connectivity index (χ0n) is 13.0. The number of para-hydroxylation sites is 2. The summed E-state index contributed by atoms with van der Waals surface area (Å²) < 4.78 is 11.3. The molecule has 0 aliphatic heterocycles. The second kappa shape index (κ2) is 7.68. The predicted octanol–water partition coefficient (Wildman–Crippen LogP) is 3.28. The fourth-order valence-electron chi connectivity index (χ4n) is 2.26. The molecule has 1 saturated carbocycles. The Morgan fingerprint density at radius 3 is 2.43 bits per heavy atom. The third-order valence-electron chi connectivity index (χ3n) is 3.73. The molecule has 0 spiro atoms. The summed E-state index contributed by atoms with van der Waals surface area (Å²) in [4.78, 5) is 12.2. The number of hydrogen-bond acceptors (Lipinski definition) is 3. The molecule has 0 unspecified atom stereocenters. The first kappa shape index (κ1) is 15.4. The van der Waals surface area contributed by atoms with Gasteiger partial charge in [-0.3, -0.25) is 4.79 Å². The summed E-state index contributed by atoms with van der Waals surface area (Å²) in [5.41, 5.74) is 0.577. The minimum absolute atomic E-state index is 0.0727. The lowest BCUT2D eigenvalue weighted by molar-refractivity contribution is 0.0946. The zero-order chi connectivity index (χ0) is 15.9. The summed E-state index contributed by atoms with van der Waals surface area (Å²) in [6.45, 7) is 1.58. The molecule has 0 heterocycles. The first-order chi connectivity index (χ1) is 11.3. The number of nitrogens with one attached hydrogen (secondary N) is 1. The van der Waals surface area contributed by atoms with E-state index in [2.05, 4.69) is 5.32 Å². The van der Waals surface area contributed by atoms with Gasteiger partial charge in [0.2, 0.25) is 0 Å². The van der Waals surface area contributed by atoms with E-state index in [0.717, 1.165) is 12.3 Å². The van der Waals surface area contributed by atoms with Crippen molar-refractivity contribution in [3.63, 3.8) is 0 Å². The lowest BCUT2D eigenvalue weighted by atomic mass is 10.2. The zero-order valence-corrected chi connectivity index (χ0v) is 13.0. The van der Waals surface area contributed by atoms with Gasteiger partial charge < -0.3 is 14.8 Å². The molecular formula is C19H21NO3. The Labute approximate surface area is 136 Å². The smallest absolute Gasteiger partial charge is 0.255 e. The molecule has 3 rings (SSSR count). The molecule has 2 aromatic rings. The number of carbonyl (C=O) groups excluding carboxylic acids is 1. The molecule has 0 atom stereocenters. The van der Waals surface area contributed by atoms with Crippen LogP contribution in [0.25, 0.3) is 0 Å². The van der Waals surface area contributed by atoms with Crippen molar-refractivity contribution < 1.29 is 14.3 Å². The topological polar surface area (TPSA) is 47.6 Å². The molecule has 1 amide bonds. The van der Waals surface area contributed by atoms with Crippen LogP contribution in [0, 0.1) is 5.92 Å². The number of benzene rings is 2. The number of amides is 1. The predicted molar refractivity (Wildman–Crippen MR) is 88.9 cm³/mol. The Bertz CT molecular complexity index is 638. The fraction of sp³-hybridized carbons (Fsp3) is 0.316. The van der Waals surface area contributed by atoms with Gasteiger partial charge in [-0.25, -0.2) is 0 Å². The number of hydrogen-bond donors (Lipinski definition) is 1. The van der Waals surface area contributed by atoms with E-state index in [1.807, 2.05) is 48.5 Å². The second-order valence-electron chi connectivity index (χ2n) is 5.66. The van der Waals surface area contributed by atoms with Crippen LogP contribution in [0.2, 0.25) is 0 Å². The molecule has 0 radical (unpaired) electrons. The van der Waals surface area contributed by atoms with Gasteiger partial charge in [-0.2, -0.15) is 0 Å². The summed E-state index contributed by atoms with van der Waals surface area (Å²) in [7, 11) is 0. The SMILES string of the molecule is O=C(NCC1CC1)c1ccccc1OCCOc1ccccc1. The summed E-state index contributed by atoms with van der Waals surface area (Å²) in [6, 6.07) is 16.9. The normalized spacial score (nSPS) is 13.4. The quantitative estimate of drug-likeness (QED) is 0.761. The van der Waals surface area contributed by atoms with Crippen molar-refractivity contribution in [1.82, 2.24) is 5.32 Å². The fourth-order valence-corrected chi connectivity index (χ4v) is 2.26. The van der Waals surface area contributed by atoms with Crippen molar-refractivity contribution in [2.75, 3.05) is 19.8 Å². The maximum absolute atomic E-state index is 12.2. The molecule has 0 saturated heterocycles. The van der Waals surface area contributed by atoms with E-state index in [9.17, 15) is 4.79 Å². The Morgan fingerprint density at radius 2 is 1.65 bits per heavy atom. The van der Waals surface area contributed by atoms with Crippen molar-refractivity contribution in [2.24, 2.45) is 5.92 Å². The minimum Gasteiger partial charge on any atom is -0.490 e. The van der Waals surface area contributed by atoms with Crippen LogP contribution in [0.1, 0.15) is 23.2 Å². The highest BCUT2D eigenvalue weighted by molar-refractivity contribution is 5.96. The van der Waals surface area contributed by atoms with Crippen molar-refractivity contribution in [1.29, 1.82) is 0 Å². The Balaban J connectivity index is 1.49. The van der Waals surface area contributed by atoms with Crippen LogP contribution < -0.4 is 14.8 Å². The standard InChI is InChI=1S/C19H21NO3/c21-19(20-14-15-10-11-15)17-8-4-5-9-18(17)23-13-12-22-16-6-2-1-3-7-16/h1-9,15H,10-14H2,(H,20,21). The van der Waals surface area contributed by atoms with Gasteiger partial charge in [0.25, 0.3) is 5.91 Å². The second-order valence-corrected chi connectivity index (χ2v) is 5.66. The highest BCUT2D eigenvalue weighted by atomic mass is 16.5. The van der Waals surface area contributed by atoms with Crippen molar-refractivity contribution in [3.05, 3.63) is 60.2 Å². The van der Waals surface area contributed by atoms with Crippen LogP contribution in [0.15, 0.2) is 54.6 Å². The van der Waals surface area contributed by atoms with E-state index in [1.165, 1.54) is 12.8 Å². The van der Waals surface area contributed by atoms with Crippen molar-refractivity contribution >= 4 is 5.91 Å². The third kappa shape index (κ3) is 4.74. The highest BCUT2D eigenvalue weighted by Crippen LogP contribution is 2.28. The van der Waals surface area contributed by atoms with Crippen LogP contribution in [-0.2, 0) is 0 Å². The molecule has 1 fully saturated rings. The van der Waals surface area contributed by atoms with E-state index >= 15 is 0 Å². The average Bonchev–Trinajstić information content (AvgIpc) is 3.42. The van der Waals surface area contributed by atoms with Gasteiger partial charge in [0.05, 0.1) is 5.56 Å². The van der Waals surface area contributed by atoms with Gasteiger partial charge in [0.15, 0.2) is 0 Å². The maximum atomic E-state index is 12.2. The highest BCUT2D eigenvalue weighted by Gasteiger charge is 2.22. The van der Waals surface area contributed by atoms with Gasteiger partial charge in [-0.05, 0) is 43.0 Å². The number of carbonyl (C=O) groups is 1. The van der Waals surface area contributed by atoms with Crippen molar-refractivity contribution in [3.8, 4) is 11.5 Å². The van der Waals surface area contributed by atoms with Crippen molar-refractivity contribution in [2.45, 2.75) is 12.8 Å². The van der Waals surface area contributed by atoms with Gasteiger partial charge in [-0.1, -0.05) is 30.3 Å². The monoisotopic (exact) mass is 311 g/mol. The first-order valence-electron chi connectivity index (χ1n) is 8.01. The molecule has 120 valence electrons. The number of rotatable bonds is 8. The van der Waals surface area contributed by atoms with Crippen LogP contribution >= 0.6 is 0 Å². The first-order valence-corrected chi connectivity index (χ1v) is 8.01. The summed E-state index contributed by atoms with van der Waals surface area (Å²) in [6.07, 6.45) is 2.44. The van der Waals surface area contributed by atoms with E-state index in [-0.39, 0.29) is 5.91 Å². The molecule has 2 aromatic carbocycles. The Kier molecular flexibility index (Phi) is 5.14. The van der Waals surface area contributed by atoms with Gasteiger partial charge >= 0.3 is 0 Å². The van der Waals surface area contributed by atoms with E-state index in [4.69, 9.17) is 9.47 Å². The average molecular weight is 311 g/mol. The molecule has 1 aliphatic rings. The van der Waals surface area contributed by atoms with Crippen LogP contribution in [-0.4, -0.2) is 25.7 Å². The largest absolute Gasteiger partial charge is 0.490 e. The minimum atomic E-state index is -0.0727. The van der Waals surface area contributed by atoms with E-state index < -0.39 is 0 Å². The lowest BCUT2D eigenvalue weighted by Crippen LogP contribution is -2.26. The summed E-state index contributed by atoms with van der Waals surface area (Å²) in [5.74, 6) is 1.99. The molecular weight excluding hydrogens is 290 g/mol. The summed E-state index contributed by atoms with van der Waals surface area (Å²) in [5, 5.41) is 2.97. The molecule has 1 N–H and O–H groups in total. The van der Waals surface area contributed by atoms with E-state index in [1.54, 1.807) is 6.07 Å². The molecule has 4 nitrogen and oxygen atoms in total. The number of ether oxygens (including phenoxy) is 2. The van der Waals surface area contributed by atoms with Gasteiger partial charge in [0, 0.05) is 6.54 Å². The maximum Gasteiger partial charge on any atom is 0.255 e. The Morgan fingerprint density at radius 1 is 0.957 bits per heavy atom. The molecule has 23 heavy (non-hydrogen) atoms. The molecule has 0 aromatic heterocycles. The van der Waals surface area contributed by atoms with Crippen LogP contribution in [0.5, 0.6) is 11.5 Å². The molecule has 1 aliphatic carbocycles. The van der Waals surface area contributed by atoms with Gasteiger partial charge in [0.1, 0.15) is 24.7 Å². The molecule has 0 bridgehead atoms. The Hall–Kier alpha value is -2.49. The summed E-state index contributed by atoms with van der Waals surface area (Å²) >= 11 is 0.